The number of hydrogen-bond donors (Lipinski definition) is 2. The molecule has 4 heteroatoms. The molecule has 1 aromatic rings. The summed E-state index contributed by atoms with van der Waals surface area (Å²) in [6, 6.07) is 7.96. The van der Waals surface area contributed by atoms with Crippen molar-refractivity contribution in [1.29, 1.82) is 0 Å². The Morgan fingerprint density at radius 3 is 2.94 bits per heavy atom. The Kier molecular flexibility index (Phi) is 3.57. The van der Waals surface area contributed by atoms with E-state index < -0.39 is 5.54 Å². The number of anilines is 1. The number of benzene rings is 1. The van der Waals surface area contributed by atoms with Crippen LogP contribution in [0.15, 0.2) is 24.3 Å². The van der Waals surface area contributed by atoms with Crippen LogP contribution in [0.3, 0.4) is 0 Å². The highest BCUT2D eigenvalue weighted by atomic mass is 16.5. The van der Waals surface area contributed by atoms with Gasteiger partial charge in [0.15, 0.2) is 0 Å². The molecule has 0 bridgehead atoms. The van der Waals surface area contributed by atoms with Crippen LogP contribution in [-0.2, 0) is 9.53 Å². The molecule has 0 aromatic heterocycles. The van der Waals surface area contributed by atoms with Gasteiger partial charge >= 0.3 is 0 Å². The lowest BCUT2D eigenvalue weighted by molar-refractivity contribution is -0.127. The van der Waals surface area contributed by atoms with Crippen molar-refractivity contribution in [2.75, 3.05) is 11.9 Å². The zero-order valence-corrected chi connectivity index (χ0v) is 10.9. The predicted molar refractivity (Wildman–Crippen MR) is 71.4 cm³/mol. The lowest BCUT2D eigenvalue weighted by atomic mass is 9.86. The summed E-state index contributed by atoms with van der Waals surface area (Å²) < 4.78 is 5.50. The first kappa shape index (κ1) is 12.9. The number of nitrogens with two attached hydrogens (primary N) is 1. The lowest BCUT2D eigenvalue weighted by Crippen LogP contribution is -2.55. The molecule has 1 fully saturated rings. The van der Waals surface area contributed by atoms with E-state index in [1.807, 2.05) is 38.1 Å². The van der Waals surface area contributed by atoms with E-state index in [1.165, 1.54) is 0 Å². The van der Waals surface area contributed by atoms with Gasteiger partial charge in [0.25, 0.3) is 0 Å². The lowest BCUT2D eigenvalue weighted by Gasteiger charge is -2.38. The minimum absolute atomic E-state index is 0.0450. The molecule has 2 atom stereocenters. The Morgan fingerprint density at radius 2 is 2.33 bits per heavy atom. The highest BCUT2D eigenvalue weighted by Crippen LogP contribution is 2.29. The molecule has 98 valence electrons. The van der Waals surface area contributed by atoms with Gasteiger partial charge in [-0.05, 0) is 31.5 Å². The minimum atomic E-state index is -0.689. The van der Waals surface area contributed by atoms with Crippen molar-refractivity contribution in [3.63, 3.8) is 0 Å². The van der Waals surface area contributed by atoms with Crippen LogP contribution in [-0.4, -0.2) is 24.2 Å². The Morgan fingerprint density at radius 1 is 1.56 bits per heavy atom. The van der Waals surface area contributed by atoms with Gasteiger partial charge in [0.1, 0.15) is 5.54 Å². The molecule has 2 unspecified atom stereocenters. The zero-order chi connectivity index (χ0) is 13.2. The van der Waals surface area contributed by atoms with Crippen molar-refractivity contribution in [3.05, 3.63) is 29.8 Å². The second-order valence-electron chi connectivity index (χ2n) is 5.08. The third kappa shape index (κ3) is 2.64. The number of carbonyl (C=O) groups is 1. The summed E-state index contributed by atoms with van der Waals surface area (Å²) in [5.74, 6) is -0.306. The number of carbonyl (C=O) groups excluding carboxylic acids is 1. The van der Waals surface area contributed by atoms with Gasteiger partial charge in [0, 0.05) is 25.1 Å². The normalized spacial score (nSPS) is 27.8. The van der Waals surface area contributed by atoms with Gasteiger partial charge < -0.3 is 15.8 Å². The molecule has 0 saturated carbocycles. The Balaban J connectivity index is 2.23. The monoisotopic (exact) mass is 248 g/mol. The van der Waals surface area contributed by atoms with Crippen molar-refractivity contribution in [1.82, 2.24) is 0 Å². The fraction of sp³-hybridized carbons (Fsp3) is 0.500. The molecule has 1 aliphatic rings. The third-order valence-corrected chi connectivity index (χ3v) is 3.44. The van der Waals surface area contributed by atoms with Gasteiger partial charge in [-0.25, -0.2) is 0 Å². The van der Waals surface area contributed by atoms with E-state index in [4.69, 9.17) is 10.5 Å². The topological polar surface area (TPSA) is 64.3 Å². The maximum atomic E-state index is 11.8. The quantitative estimate of drug-likeness (QED) is 0.857. The van der Waals surface area contributed by atoms with Crippen LogP contribution >= 0.6 is 0 Å². The van der Waals surface area contributed by atoms with Crippen molar-refractivity contribution in [2.45, 2.75) is 38.3 Å². The predicted octanol–water partition coefficient (Wildman–Crippen LogP) is 1.83. The van der Waals surface area contributed by atoms with E-state index in [0.717, 1.165) is 11.3 Å². The summed E-state index contributed by atoms with van der Waals surface area (Å²) in [4.78, 5) is 11.8. The second-order valence-corrected chi connectivity index (χ2v) is 5.08. The van der Waals surface area contributed by atoms with Crippen LogP contribution in [0.1, 0.15) is 25.3 Å². The van der Waals surface area contributed by atoms with E-state index in [2.05, 4.69) is 5.32 Å². The van der Waals surface area contributed by atoms with E-state index >= 15 is 0 Å². The van der Waals surface area contributed by atoms with Crippen LogP contribution in [0.2, 0.25) is 0 Å². The average Bonchev–Trinajstić information content (AvgIpc) is 2.28. The van der Waals surface area contributed by atoms with Crippen LogP contribution in [0.4, 0.5) is 5.69 Å². The molecule has 2 rings (SSSR count). The highest BCUT2D eigenvalue weighted by molar-refractivity contribution is 5.88. The summed E-state index contributed by atoms with van der Waals surface area (Å²) in [6.07, 6.45) is 1.26. The first-order valence-corrected chi connectivity index (χ1v) is 6.28. The van der Waals surface area contributed by atoms with Gasteiger partial charge in [-0.3, -0.25) is 4.79 Å². The molecule has 1 aromatic carbocycles. The summed E-state index contributed by atoms with van der Waals surface area (Å²) >= 11 is 0. The van der Waals surface area contributed by atoms with Gasteiger partial charge in [0.2, 0.25) is 5.91 Å². The van der Waals surface area contributed by atoms with Crippen molar-refractivity contribution >= 4 is 11.6 Å². The molecular formula is C14H20N2O2. The number of rotatable bonds is 3. The maximum Gasteiger partial charge on any atom is 0.243 e. The smallest absolute Gasteiger partial charge is 0.243 e. The molecule has 4 nitrogen and oxygen atoms in total. The second kappa shape index (κ2) is 4.98. The maximum absolute atomic E-state index is 11.8. The number of hydrogen-bond acceptors (Lipinski definition) is 3. The van der Waals surface area contributed by atoms with E-state index in [1.54, 1.807) is 0 Å². The Labute approximate surface area is 108 Å². The Bertz CT molecular complexity index is 447. The van der Waals surface area contributed by atoms with E-state index in [-0.39, 0.29) is 12.0 Å². The fourth-order valence-electron chi connectivity index (χ4n) is 2.48. The van der Waals surface area contributed by atoms with Crippen LogP contribution < -0.4 is 11.1 Å². The number of amides is 1. The largest absolute Gasteiger partial charge is 0.378 e. The van der Waals surface area contributed by atoms with Crippen LogP contribution in [0.25, 0.3) is 0 Å². The first-order valence-electron chi connectivity index (χ1n) is 6.28. The van der Waals surface area contributed by atoms with E-state index in [9.17, 15) is 4.79 Å². The molecule has 1 aliphatic heterocycles. The summed E-state index contributed by atoms with van der Waals surface area (Å²) in [5, 5.41) is 3.31. The highest BCUT2D eigenvalue weighted by Gasteiger charge is 2.40. The number of aryl methyl sites for hydroxylation is 1. The first-order chi connectivity index (χ1) is 8.52. The zero-order valence-electron chi connectivity index (χ0n) is 10.9. The molecule has 1 amide bonds. The number of primary amides is 1. The van der Waals surface area contributed by atoms with Crippen molar-refractivity contribution in [3.8, 4) is 0 Å². The molecule has 0 aliphatic carbocycles. The van der Waals surface area contributed by atoms with Crippen LogP contribution in [0.5, 0.6) is 0 Å². The molecule has 3 N–H and O–H groups in total. The minimum Gasteiger partial charge on any atom is -0.378 e. The van der Waals surface area contributed by atoms with E-state index in [0.29, 0.717) is 19.4 Å². The van der Waals surface area contributed by atoms with Gasteiger partial charge in [-0.2, -0.15) is 0 Å². The standard InChI is InChI=1S/C14H20N2O2/c1-10-4-3-5-12(8-10)16-14(13(15)17)6-7-18-11(2)9-14/h3-5,8,11,16H,6-7,9H2,1-2H3,(H2,15,17). The summed E-state index contributed by atoms with van der Waals surface area (Å²) in [6.45, 7) is 4.55. The summed E-state index contributed by atoms with van der Waals surface area (Å²) in [5.41, 5.74) is 6.99. The Hall–Kier alpha value is -1.55. The van der Waals surface area contributed by atoms with Gasteiger partial charge in [-0.15, -0.1) is 0 Å². The third-order valence-electron chi connectivity index (χ3n) is 3.44. The SMILES string of the molecule is Cc1cccc(NC2(C(N)=O)CCOC(C)C2)c1. The number of ether oxygens (including phenoxy) is 1. The summed E-state index contributed by atoms with van der Waals surface area (Å²) in [7, 11) is 0. The molecule has 18 heavy (non-hydrogen) atoms. The molecule has 0 spiro atoms. The van der Waals surface area contributed by atoms with Crippen molar-refractivity contribution in [2.24, 2.45) is 5.73 Å². The molecular weight excluding hydrogens is 228 g/mol. The van der Waals surface area contributed by atoms with Crippen molar-refractivity contribution < 1.29 is 9.53 Å². The van der Waals surface area contributed by atoms with Gasteiger partial charge in [-0.1, -0.05) is 12.1 Å². The van der Waals surface area contributed by atoms with Gasteiger partial charge in [0.05, 0.1) is 6.10 Å². The molecule has 0 radical (unpaired) electrons. The molecule has 1 saturated heterocycles. The average molecular weight is 248 g/mol. The number of nitrogens with one attached hydrogen (secondary N) is 1. The van der Waals surface area contributed by atoms with Crippen LogP contribution in [0, 0.1) is 6.92 Å². The molecule has 1 heterocycles. The fourth-order valence-corrected chi connectivity index (χ4v) is 2.48.